The van der Waals surface area contributed by atoms with Crippen molar-refractivity contribution in [3.8, 4) is 0 Å². The van der Waals surface area contributed by atoms with Crippen molar-refractivity contribution in [1.29, 1.82) is 0 Å². The maximum Gasteiger partial charge on any atom is 0.419 e. The van der Waals surface area contributed by atoms with Crippen molar-refractivity contribution in [2.75, 3.05) is 7.05 Å². The number of rotatable bonds is 3. The van der Waals surface area contributed by atoms with Crippen LogP contribution in [-0.2, 0) is 6.18 Å². The Balaban J connectivity index is 3.08. The summed E-state index contributed by atoms with van der Waals surface area (Å²) >= 11 is 0. The van der Waals surface area contributed by atoms with E-state index in [1.807, 2.05) is 6.92 Å². The van der Waals surface area contributed by atoms with Crippen molar-refractivity contribution < 1.29 is 17.6 Å². The Labute approximate surface area is 91.5 Å². The first-order chi connectivity index (χ1) is 7.40. The molecule has 0 saturated carbocycles. The molecule has 0 bridgehead atoms. The third kappa shape index (κ3) is 2.72. The van der Waals surface area contributed by atoms with E-state index in [4.69, 9.17) is 0 Å². The molecule has 1 atom stereocenters. The van der Waals surface area contributed by atoms with E-state index < -0.39 is 17.6 Å². The minimum atomic E-state index is -4.63. The van der Waals surface area contributed by atoms with Gasteiger partial charge in [0.1, 0.15) is 5.82 Å². The van der Waals surface area contributed by atoms with Gasteiger partial charge in [-0.1, -0.05) is 13.0 Å². The van der Waals surface area contributed by atoms with E-state index in [1.165, 1.54) is 6.07 Å². The van der Waals surface area contributed by atoms with Crippen LogP contribution in [0.4, 0.5) is 17.6 Å². The van der Waals surface area contributed by atoms with Crippen LogP contribution in [0.5, 0.6) is 0 Å². The maximum atomic E-state index is 13.2. The standard InChI is InChI=1S/C11H13F4N/c1-3-10(16-2)7-4-5-8(9(12)6-7)11(13,14)15/h4-6,10,16H,3H2,1-2H3. The van der Waals surface area contributed by atoms with Gasteiger partial charge in [0.25, 0.3) is 0 Å². The number of nitrogens with one attached hydrogen (secondary N) is 1. The summed E-state index contributed by atoms with van der Waals surface area (Å²) < 4.78 is 50.1. The lowest BCUT2D eigenvalue weighted by atomic mass is 10.0. The second-order valence-corrected chi connectivity index (χ2v) is 3.49. The molecule has 0 aliphatic heterocycles. The first kappa shape index (κ1) is 13.0. The largest absolute Gasteiger partial charge is 0.419 e. The zero-order valence-corrected chi connectivity index (χ0v) is 9.03. The van der Waals surface area contributed by atoms with Gasteiger partial charge in [-0.15, -0.1) is 0 Å². The van der Waals surface area contributed by atoms with Gasteiger partial charge in [-0.05, 0) is 31.2 Å². The van der Waals surface area contributed by atoms with Crippen molar-refractivity contribution in [3.63, 3.8) is 0 Å². The fraction of sp³-hybridized carbons (Fsp3) is 0.455. The van der Waals surface area contributed by atoms with Crippen LogP contribution in [-0.4, -0.2) is 7.05 Å². The Morgan fingerprint density at radius 3 is 2.31 bits per heavy atom. The molecule has 1 unspecified atom stereocenters. The summed E-state index contributed by atoms with van der Waals surface area (Å²) in [6.45, 7) is 1.87. The molecule has 0 aromatic heterocycles. The summed E-state index contributed by atoms with van der Waals surface area (Å²) in [6.07, 6.45) is -3.95. The highest BCUT2D eigenvalue weighted by atomic mass is 19.4. The fourth-order valence-electron chi connectivity index (χ4n) is 1.58. The minimum absolute atomic E-state index is 0.128. The normalized spacial score (nSPS) is 13.9. The molecule has 0 amide bonds. The van der Waals surface area contributed by atoms with Crippen LogP contribution in [0.3, 0.4) is 0 Å². The quantitative estimate of drug-likeness (QED) is 0.790. The monoisotopic (exact) mass is 235 g/mol. The van der Waals surface area contributed by atoms with Crippen LogP contribution >= 0.6 is 0 Å². The van der Waals surface area contributed by atoms with E-state index in [0.29, 0.717) is 12.0 Å². The van der Waals surface area contributed by atoms with Gasteiger partial charge in [0.15, 0.2) is 0 Å². The van der Waals surface area contributed by atoms with E-state index in [-0.39, 0.29) is 6.04 Å². The molecule has 0 spiro atoms. The molecule has 5 heteroatoms. The topological polar surface area (TPSA) is 12.0 Å². The first-order valence-electron chi connectivity index (χ1n) is 4.94. The van der Waals surface area contributed by atoms with Crippen LogP contribution in [0.15, 0.2) is 18.2 Å². The number of benzene rings is 1. The molecule has 90 valence electrons. The summed E-state index contributed by atoms with van der Waals surface area (Å²) in [7, 11) is 1.68. The SMILES string of the molecule is CCC(NC)c1ccc(C(F)(F)F)c(F)c1. The lowest BCUT2D eigenvalue weighted by Gasteiger charge is -2.16. The summed E-state index contributed by atoms with van der Waals surface area (Å²) in [5.41, 5.74) is -0.697. The summed E-state index contributed by atoms with van der Waals surface area (Å²) in [4.78, 5) is 0. The van der Waals surface area contributed by atoms with Crippen molar-refractivity contribution in [2.24, 2.45) is 0 Å². The van der Waals surface area contributed by atoms with Gasteiger partial charge in [0, 0.05) is 6.04 Å². The van der Waals surface area contributed by atoms with Gasteiger partial charge in [-0.25, -0.2) is 4.39 Å². The van der Waals surface area contributed by atoms with Gasteiger partial charge >= 0.3 is 6.18 Å². The second-order valence-electron chi connectivity index (χ2n) is 3.49. The number of hydrogen-bond donors (Lipinski definition) is 1. The van der Waals surface area contributed by atoms with E-state index in [2.05, 4.69) is 5.32 Å². The van der Waals surface area contributed by atoms with Crippen molar-refractivity contribution >= 4 is 0 Å². The molecule has 1 rings (SSSR count). The molecular weight excluding hydrogens is 222 g/mol. The van der Waals surface area contributed by atoms with Crippen molar-refractivity contribution in [2.45, 2.75) is 25.6 Å². The number of hydrogen-bond acceptors (Lipinski definition) is 1. The number of halogens is 4. The minimum Gasteiger partial charge on any atom is -0.313 e. The van der Waals surface area contributed by atoms with Crippen LogP contribution in [0.2, 0.25) is 0 Å². The number of alkyl halides is 3. The van der Waals surface area contributed by atoms with Crippen LogP contribution in [0, 0.1) is 5.82 Å². The molecule has 0 radical (unpaired) electrons. The molecule has 0 aliphatic rings. The van der Waals surface area contributed by atoms with Crippen LogP contribution in [0.1, 0.15) is 30.5 Å². The molecular formula is C11H13F4N. The molecule has 16 heavy (non-hydrogen) atoms. The predicted molar refractivity (Wildman–Crippen MR) is 53.5 cm³/mol. The maximum absolute atomic E-state index is 13.2. The average molecular weight is 235 g/mol. The van der Waals surface area contributed by atoms with Gasteiger partial charge in [0.2, 0.25) is 0 Å². The summed E-state index contributed by atoms with van der Waals surface area (Å²) in [6, 6.07) is 2.89. The van der Waals surface area contributed by atoms with Crippen molar-refractivity contribution in [1.82, 2.24) is 5.32 Å². The lowest BCUT2D eigenvalue weighted by molar-refractivity contribution is -0.140. The molecule has 0 heterocycles. The van der Waals surface area contributed by atoms with E-state index in [1.54, 1.807) is 7.05 Å². The third-order valence-corrected chi connectivity index (χ3v) is 2.46. The molecule has 0 aliphatic carbocycles. The predicted octanol–water partition coefficient (Wildman–Crippen LogP) is 3.52. The molecule has 1 aromatic rings. The highest BCUT2D eigenvalue weighted by molar-refractivity contribution is 5.28. The zero-order chi connectivity index (χ0) is 12.3. The third-order valence-electron chi connectivity index (χ3n) is 2.46. The van der Waals surface area contributed by atoms with Crippen LogP contribution in [0.25, 0.3) is 0 Å². The van der Waals surface area contributed by atoms with Crippen molar-refractivity contribution in [3.05, 3.63) is 35.1 Å². The van der Waals surface area contributed by atoms with Gasteiger partial charge < -0.3 is 5.32 Å². The molecule has 0 saturated heterocycles. The van der Waals surface area contributed by atoms with Gasteiger partial charge in [-0.3, -0.25) is 0 Å². The molecule has 1 nitrogen and oxygen atoms in total. The van der Waals surface area contributed by atoms with Gasteiger partial charge in [0.05, 0.1) is 5.56 Å². The second kappa shape index (κ2) is 4.82. The van der Waals surface area contributed by atoms with Gasteiger partial charge in [-0.2, -0.15) is 13.2 Å². The summed E-state index contributed by atoms with van der Waals surface area (Å²) in [5, 5.41) is 2.91. The van der Waals surface area contributed by atoms with Crippen LogP contribution < -0.4 is 5.32 Å². The summed E-state index contributed by atoms with van der Waals surface area (Å²) in [5.74, 6) is -1.22. The Hall–Kier alpha value is -1.10. The molecule has 0 fully saturated rings. The molecule has 1 aromatic carbocycles. The molecule has 1 N–H and O–H groups in total. The highest BCUT2D eigenvalue weighted by Gasteiger charge is 2.34. The van der Waals surface area contributed by atoms with E-state index >= 15 is 0 Å². The van der Waals surface area contributed by atoms with E-state index in [0.717, 1.165) is 12.1 Å². The highest BCUT2D eigenvalue weighted by Crippen LogP contribution is 2.32. The Morgan fingerprint density at radius 2 is 1.94 bits per heavy atom. The van der Waals surface area contributed by atoms with E-state index in [9.17, 15) is 17.6 Å². The smallest absolute Gasteiger partial charge is 0.313 e. The fourth-order valence-corrected chi connectivity index (χ4v) is 1.58. The Bertz CT molecular complexity index is 355. The average Bonchev–Trinajstić information content (AvgIpc) is 2.17. The first-order valence-corrected chi connectivity index (χ1v) is 4.94. The Kier molecular flexibility index (Phi) is 3.91. The lowest BCUT2D eigenvalue weighted by Crippen LogP contribution is -2.16. The zero-order valence-electron chi connectivity index (χ0n) is 9.03. The Morgan fingerprint density at radius 1 is 1.31 bits per heavy atom.